The van der Waals surface area contributed by atoms with E-state index in [1.54, 1.807) is 24.3 Å². The number of benzene rings is 2. The highest BCUT2D eigenvalue weighted by Gasteiger charge is 2.16. The second-order valence-corrected chi connectivity index (χ2v) is 7.44. The predicted octanol–water partition coefficient (Wildman–Crippen LogP) is 4.77. The van der Waals surface area contributed by atoms with Gasteiger partial charge in [-0.2, -0.15) is 0 Å². The van der Waals surface area contributed by atoms with E-state index in [1.165, 1.54) is 5.56 Å². The van der Waals surface area contributed by atoms with Gasteiger partial charge in [-0.25, -0.2) is 0 Å². The van der Waals surface area contributed by atoms with Gasteiger partial charge in [0.1, 0.15) is 0 Å². The van der Waals surface area contributed by atoms with E-state index < -0.39 is 0 Å². The molecule has 0 aliphatic heterocycles. The Kier molecular flexibility index (Phi) is 6.56. The van der Waals surface area contributed by atoms with Gasteiger partial charge in [0.15, 0.2) is 0 Å². The Hall–Kier alpha value is -2.62. The summed E-state index contributed by atoms with van der Waals surface area (Å²) in [4.78, 5) is 24.9. The normalized spacial score (nSPS) is 11.1. The van der Waals surface area contributed by atoms with E-state index in [2.05, 4.69) is 38.3 Å². The van der Waals surface area contributed by atoms with Gasteiger partial charge in [-0.15, -0.1) is 0 Å². The van der Waals surface area contributed by atoms with Gasteiger partial charge in [-0.1, -0.05) is 58.4 Å². The smallest absolute Gasteiger partial charge is 0.255 e. The Balaban J connectivity index is 2.13. The molecule has 2 aromatic carbocycles. The van der Waals surface area contributed by atoms with Crippen molar-refractivity contribution in [3.63, 3.8) is 0 Å². The third-order valence-corrected chi connectivity index (χ3v) is 4.25. The van der Waals surface area contributed by atoms with E-state index in [4.69, 9.17) is 0 Å². The fraction of sp³-hybridized carbons (Fsp3) is 0.364. The highest BCUT2D eigenvalue weighted by atomic mass is 16.2. The van der Waals surface area contributed by atoms with Gasteiger partial charge in [0.05, 0.1) is 11.3 Å². The molecular formula is C22H28N2O2. The molecule has 2 N–H and O–H groups in total. The fourth-order valence-electron chi connectivity index (χ4n) is 2.58. The lowest BCUT2D eigenvalue weighted by Crippen LogP contribution is -2.26. The molecule has 0 aliphatic rings. The SMILES string of the molecule is CCCCNC(=O)c1ccccc1NC(=O)c1ccc(C(C)(C)C)cc1. The summed E-state index contributed by atoms with van der Waals surface area (Å²) in [6, 6.07) is 14.6. The first-order valence-corrected chi connectivity index (χ1v) is 9.12. The van der Waals surface area contributed by atoms with Gasteiger partial charge in [-0.3, -0.25) is 9.59 Å². The molecule has 26 heavy (non-hydrogen) atoms. The number of hydrogen-bond acceptors (Lipinski definition) is 2. The minimum Gasteiger partial charge on any atom is -0.352 e. The maximum absolute atomic E-state index is 12.6. The zero-order valence-corrected chi connectivity index (χ0v) is 16.1. The molecule has 0 atom stereocenters. The van der Waals surface area contributed by atoms with Gasteiger partial charge < -0.3 is 10.6 Å². The summed E-state index contributed by atoms with van der Waals surface area (Å²) in [6.45, 7) is 9.11. The van der Waals surface area contributed by atoms with Crippen LogP contribution in [0.1, 0.15) is 66.8 Å². The topological polar surface area (TPSA) is 58.2 Å². The minimum absolute atomic E-state index is 0.0399. The van der Waals surface area contributed by atoms with Crippen LogP contribution < -0.4 is 10.6 Å². The molecule has 4 nitrogen and oxygen atoms in total. The summed E-state index contributed by atoms with van der Waals surface area (Å²) in [6.07, 6.45) is 1.95. The molecule has 0 bridgehead atoms. The zero-order chi connectivity index (χ0) is 19.2. The zero-order valence-electron chi connectivity index (χ0n) is 16.1. The lowest BCUT2D eigenvalue weighted by molar-refractivity contribution is 0.0954. The molecule has 0 spiro atoms. The van der Waals surface area contributed by atoms with E-state index in [0.29, 0.717) is 23.4 Å². The maximum atomic E-state index is 12.6. The quantitative estimate of drug-likeness (QED) is 0.736. The molecule has 4 heteroatoms. The number of para-hydroxylation sites is 1. The standard InChI is InChI=1S/C22H28N2O2/c1-5-6-15-23-21(26)18-9-7-8-10-19(18)24-20(25)16-11-13-17(14-12-16)22(2,3)4/h7-14H,5-6,15H2,1-4H3,(H,23,26)(H,24,25). The number of hydrogen-bond donors (Lipinski definition) is 2. The Morgan fingerprint density at radius 1 is 0.923 bits per heavy atom. The van der Waals surface area contributed by atoms with Crippen LogP contribution in [0.4, 0.5) is 5.69 Å². The summed E-state index contributed by atoms with van der Waals surface area (Å²) in [5, 5.41) is 5.74. The lowest BCUT2D eigenvalue weighted by atomic mass is 9.86. The molecule has 2 rings (SSSR count). The van der Waals surface area contributed by atoms with Gasteiger partial charge in [0, 0.05) is 12.1 Å². The molecule has 0 heterocycles. The van der Waals surface area contributed by atoms with Crippen molar-refractivity contribution < 1.29 is 9.59 Å². The van der Waals surface area contributed by atoms with Crippen LogP contribution in [0.2, 0.25) is 0 Å². The van der Waals surface area contributed by atoms with Crippen molar-refractivity contribution in [2.24, 2.45) is 0 Å². The number of carbonyl (C=O) groups excluding carboxylic acids is 2. The molecule has 0 saturated heterocycles. The Labute approximate surface area is 156 Å². The first-order valence-electron chi connectivity index (χ1n) is 9.12. The summed E-state index contributed by atoms with van der Waals surface area (Å²) in [7, 11) is 0. The summed E-state index contributed by atoms with van der Waals surface area (Å²) < 4.78 is 0. The van der Waals surface area contributed by atoms with Crippen LogP contribution in [0.15, 0.2) is 48.5 Å². The highest BCUT2D eigenvalue weighted by Crippen LogP contribution is 2.23. The predicted molar refractivity (Wildman–Crippen MR) is 107 cm³/mol. The van der Waals surface area contributed by atoms with Crippen LogP contribution in [0.25, 0.3) is 0 Å². The summed E-state index contributed by atoms with van der Waals surface area (Å²) in [5.41, 5.74) is 2.77. The second-order valence-electron chi connectivity index (χ2n) is 7.44. The fourth-order valence-corrected chi connectivity index (χ4v) is 2.58. The Bertz CT molecular complexity index is 758. The van der Waals surface area contributed by atoms with Crippen LogP contribution in [0.5, 0.6) is 0 Å². The molecule has 0 saturated carbocycles. The summed E-state index contributed by atoms with van der Waals surface area (Å²) >= 11 is 0. The van der Waals surface area contributed by atoms with E-state index in [9.17, 15) is 9.59 Å². The van der Waals surface area contributed by atoms with E-state index in [0.717, 1.165) is 12.8 Å². The van der Waals surface area contributed by atoms with Crippen molar-refractivity contribution in [1.29, 1.82) is 0 Å². The third kappa shape index (κ3) is 5.19. The van der Waals surface area contributed by atoms with Crippen LogP contribution >= 0.6 is 0 Å². The van der Waals surface area contributed by atoms with Crippen molar-refractivity contribution >= 4 is 17.5 Å². The molecule has 138 valence electrons. The number of amides is 2. The van der Waals surface area contributed by atoms with Gasteiger partial charge in [-0.05, 0) is 41.7 Å². The molecule has 0 aliphatic carbocycles. The molecular weight excluding hydrogens is 324 g/mol. The molecule has 0 aromatic heterocycles. The van der Waals surface area contributed by atoms with Gasteiger partial charge >= 0.3 is 0 Å². The second kappa shape index (κ2) is 8.65. The van der Waals surface area contributed by atoms with Gasteiger partial charge in [0.25, 0.3) is 11.8 Å². The van der Waals surface area contributed by atoms with E-state index in [-0.39, 0.29) is 17.2 Å². The van der Waals surface area contributed by atoms with Crippen LogP contribution in [0, 0.1) is 0 Å². The number of carbonyl (C=O) groups is 2. The van der Waals surface area contributed by atoms with Crippen molar-refractivity contribution in [3.05, 3.63) is 65.2 Å². The maximum Gasteiger partial charge on any atom is 0.255 e. The molecule has 0 fully saturated rings. The Morgan fingerprint density at radius 2 is 1.58 bits per heavy atom. The number of rotatable bonds is 6. The van der Waals surface area contributed by atoms with Crippen LogP contribution in [-0.2, 0) is 5.41 Å². The van der Waals surface area contributed by atoms with Crippen molar-refractivity contribution in [3.8, 4) is 0 Å². The number of anilines is 1. The average Bonchev–Trinajstić information content (AvgIpc) is 2.61. The molecule has 0 radical (unpaired) electrons. The average molecular weight is 352 g/mol. The number of nitrogens with one attached hydrogen (secondary N) is 2. The minimum atomic E-state index is -0.223. The van der Waals surface area contributed by atoms with Crippen molar-refractivity contribution in [2.45, 2.75) is 46.0 Å². The van der Waals surface area contributed by atoms with Crippen LogP contribution in [-0.4, -0.2) is 18.4 Å². The van der Waals surface area contributed by atoms with E-state index in [1.807, 2.05) is 24.3 Å². The van der Waals surface area contributed by atoms with Crippen molar-refractivity contribution in [1.82, 2.24) is 5.32 Å². The monoisotopic (exact) mass is 352 g/mol. The number of unbranched alkanes of at least 4 members (excludes halogenated alkanes) is 1. The van der Waals surface area contributed by atoms with Crippen molar-refractivity contribution in [2.75, 3.05) is 11.9 Å². The summed E-state index contributed by atoms with van der Waals surface area (Å²) in [5.74, 6) is -0.392. The molecule has 2 aromatic rings. The molecule has 2 amide bonds. The van der Waals surface area contributed by atoms with E-state index >= 15 is 0 Å². The highest BCUT2D eigenvalue weighted by molar-refractivity contribution is 6.09. The van der Waals surface area contributed by atoms with Crippen LogP contribution in [0.3, 0.4) is 0 Å². The first-order chi connectivity index (χ1) is 12.3. The Morgan fingerprint density at radius 3 is 2.19 bits per heavy atom. The molecule has 0 unspecified atom stereocenters. The largest absolute Gasteiger partial charge is 0.352 e. The first kappa shape index (κ1) is 19.7. The third-order valence-electron chi connectivity index (χ3n) is 4.25. The lowest BCUT2D eigenvalue weighted by Gasteiger charge is -2.19. The van der Waals surface area contributed by atoms with Gasteiger partial charge in [0.2, 0.25) is 0 Å².